The van der Waals surface area contributed by atoms with E-state index in [-0.39, 0.29) is 24.2 Å². The molecule has 0 spiro atoms. The van der Waals surface area contributed by atoms with E-state index in [1.54, 1.807) is 31.9 Å². The number of carbonyl (C=O) groups is 3. The van der Waals surface area contributed by atoms with Gasteiger partial charge in [-0.25, -0.2) is 4.98 Å². The molecule has 0 saturated carbocycles. The molecule has 34 heavy (non-hydrogen) atoms. The molecule has 0 bridgehead atoms. The summed E-state index contributed by atoms with van der Waals surface area (Å²) in [6.07, 6.45) is 5.02. The van der Waals surface area contributed by atoms with Gasteiger partial charge >= 0.3 is 5.97 Å². The van der Waals surface area contributed by atoms with Gasteiger partial charge < -0.3 is 24.0 Å². The summed E-state index contributed by atoms with van der Waals surface area (Å²) in [7, 11) is 0. The molecule has 1 unspecified atom stereocenters. The molecule has 2 amide bonds. The van der Waals surface area contributed by atoms with E-state index < -0.39 is 17.6 Å². The predicted octanol–water partition coefficient (Wildman–Crippen LogP) is 2.48. The first-order valence-electron chi connectivity index (χ1n) is 11.6. The number of piperidine rings is 1. The van der Waals surface area contributed by atoms with Crippen LogP contribution in [0.15, 0.2) is 16.9 Å². The number of amides is 2. The molecule has 0 radical (unpaired) electrons. The lowest BCUT2D eigenvalue weighted by Gasteiger charge is -2.34. The maximum Gasteiger partial charge on any atom is 0.308 e. The van der Waals surface area contributed by atoms with Gasteiger partial charge in [0.2, 0.25) is 11.8 Å². The van der Waals surface area contributed by atoms with Crippen LogP contribution in [0.4, 0.5) is 0 Å². The molecule has 3 heterocycles. The standard InChI is InChI=1S/C24H35N5O5/c1-15-19(16(2)34-27-15)14-29-12-9-25-22(29)18-7-10-28(11-8-18)23(32)20(26-17(3)30)13-21(31)33-24(4,5)6/h9,12,18,20H,7-8,10-11,13-14H2,1-6H3,(H,26,30). The Hall–Kier alpha value is -3.17. The summed E-state index contributed by atoms with van der Waals surface area (Å²) in [5, 5.41) is 6.64. The van der Waals surface area contributed by atoms with Gasteiger partial charge in [-0.3, -0.25) is 14.4 Å². The van der Waals surface area contributed by atoms with Crippen LogP contribution < -0.4 is 5.32 Å². The van der Waals surface area contributed by atoms with Crippen molar-refractivity contribution in [1.29, 1.82) is 0 Å². The van der Waals surface area contributed by atoms with E-state index in [0.29, 0.717) is 19.6 Å². The number of aromatic nitrogens is 3. The molecule has 1 atom stereocenters. The second-order valence-electron chi connectivity index (χ2n) is 9.86. The van der Waals surface area contributed by atoms with E-state index in [0.717, 1.165) is 35.7 Å². The average Bonchev–Trinajstić information content (AvgIpc) is 3.33. The molecule has 10 nitrogen and oxygen atoms in total. The highest BCUT2D eigenvalue weighted by molar-refractivity contribution is 5.90. The minimum Gasteiger partial charge on any atom is -0.460 e. The van der Waals surface area contributed by atoms with Gasteiger partial charge in [-0.1, -0.05) is 5.16 Å². The molecule has 1 fully saturated rings. The Kier molecular flexibility index (Phi) is 7.78. The highest BCUT2D eigenvalue weighted by atomic mass is 16.6. The molecule has 2 aromatic heterocycles. The molecule has 0 aromatic carbocycles. The van der Waals surface area contributed by atoms with Gasteiger partial charge in [0.05, 0.1) is 18.7 Å². The first kappa shape index (κ1) is 25.5. The number of hydrogen-bond acceptors (Lipinski definition) is 7. The second-order valence-corrected chi connectivity index (χ2v) is 9.86. The number of carbonyl (C=O) groups excluding carboxylic acids is 3. The quantitative estimate of drug-likeness (QED) is 0.614. The van der Waals surface area contributed by atoms with Crippen molar-refractivity contribution in [3.05, 3.63) is 35.2 Å². The predicted molar refractivity (Wildman–Crippen MR) is 124 cm³/mol. The van der Waals surface area contributed by atoms with Gasteiger partial charge in [-0.15, -0.1) is 0 Å². The summed E-state index contributed by atoms with van der Waals surface area (Å²) in [6, 6.07) is -0.939. The largest absolute Gasteiger partial charge is 0.460 e. The number of esters is 1. The van der Waals surface area contributed by atoms with Crippen LogP contribution in [0.5, 0.6) is 0 Å². The van der Waals surface area contributed by atoms with Gasteiger partial charge in [0.15, 0.2) is 0 Å². The molecular formula is C24H35N5O5. The van der Waals surface area contributed by atoms with Gasteiger partial charge in [0.25, 0.3) is 0 Å². The molecule has 1 aliphatic rings. The van der Waals surface area contributed by atoms with Crippen molar-refractivity contribution in [3.8, 4) is 0 Å². The maximum atomic E-state index is 13.1. The van der Waals surface area contributed by atoms with Crippen LogP contribution in [0.1, 0.15) is 75.7 Å². The topological polar surface area (TPSA) is 120 Å². The number of aryl methyl sites for hydroxylation is 2. The van der Waals surface area contributed by atoms with E-state index in [1.165, 1.54) is 6.92 Å². The zero-order valence-corrected chi connectivity index (χ0v) is 20.9. The number of ether oxygens (including phenoxy) is 1. The number of hydrogen-bond donors (Lipinski definition) is 1. The number of nitrogens with one attached hydrogen (secondary N) is 1. The molecule has 0 aliphatic carbocycles. The highest BCUT2D eigenvalue weighted by Crippen LogP contribution is 2.28. The van der Waals surface area contributed by atoms with Crippen molar-refractivity contribution in [2.75, 3.05) is 13.1 Å². The third-order valence-corrected chi connectivity index (χ3v) is 5.90. The van der Waals surface area contributed by atoms with Crippen LogP contribution >= 0.6 is 0 Å². The highest BCUT2D eigenvalue weighted by Gasteiger charge is 2.33. The summed E-state index contributed by atoms with van der Waals surface area (Å²) in [6.45, 7) is 12.1. The lowest BCUT2D eigenvalue weighted by Crippen LogP contribution is -2.51. The Morgan fingerprint density at radius 2 is 1.91 bits per heavy atom. The van der Waals surface area contributed by atoms with E-state index >= 15 is 0 Å². The molecular weight excluding hydrogens is 438 g/mol. The van der Waals surface area contributed by atoms with Crippen LogP contribution in [-0.4, -0.2) is 62.1 Å². The summed E-state index contributed by atoms with van der Waals surface area (Å²) >= 11 is 0. The van der Waals surface area contributed by atoms with Crippen molar-refractivity contribution in [3.63, 3.8) is 0 Å². The van der Waals surface area contributed by atoms with Crippen molar-refractivity contribution in [2.45, 2.75) is 84.9 Å². The Morgan fingerprint density at radius 3 is 2.47 bits per heavy atom. The van der Waals surface area contributed by atoms with Crippen molar-refractivity contribution in [2.24, 2.45) is 0 Å². The molecule has 10 heteroatoms. The van der Waals surface area contributed by atoms with E-state index in [1.807, 2.05) is 20.0 Å². The fourth-order valence-electron chi connectivity index (χ4n) is 4.29. The lowest BCUT2D eigenvalue weighted by atomic mass is 9.95. The number of rotatable bonds is 7. The van der Waals surface area contributed by atoms with Crippen LogP contribution in [0.25, 0.3) is 0 Å². The van der Waals surface area contributed by atoms with Gasteiger partial charge in [-0.2, -0.15) is 0 Å². The first-order chi connectivity index (χ1) is 15.9. The van der Waals surface area contributed by atoms with Crippen LogP contribution in [0.2, 0.25) is 0 Å². The van der Waals surface area contributed by atoms with Gasteiger partial charge in [-0.05, 0) is 47.5 Å². The third-order valence-electron chi connectivity index (χ3n) is 5.90. The normalized spacial score (nSPS) is 15.8. The lowest BCUT2D eigenvalue weighted by molar-refractivity contribution is -0.157. The van der Waals surface area contributed by atoms with Crippen LogP contribution in [0, 0.1) is 13.8 Å². The van der Waals surface area contributed by atoms with Crippen molar-refractivity contribution >= 4 is 17.8 Å². The Labute approximate surface area is 200 Å². The summed E-state index contributed by atoms with van der Waals surface area (Å²) in [5.41, 5.74) is 1.25. The van der Waals surface area contributed by atoms with Crippen LogP contribution in [-0.2, 0) is 25.7 Å². The summed E-state index contributed by atoms with van der Waals surface area (Å²) < 4.78 is 12.7. The van der Waals surface area contributed by atoms with E-state index in [2.05, 4.69) is 20.0 Å². The number of imidazole rings is 1. The average molecular weight is 474 g/mol. The van der Waals surface area contributed by atoms with E-state index in [9.17, 15) is 14.4 Å². The smallest absolute Gasteiger partial charge is 0.308 e. The SMILES string of the molecule is CC(=O)NC(CC(=O)OC(C)(C)C)C(=O)N1CCC(c2nccn2Cc2c(C)noc2C)CC1. The first-order valence-corrected chi connectivity index (χ1v) is 11.6. The van der Waals surface area contributed by atoms with Crippen molar-refractivity contribution in [1.82, 2.24) is 24.9 Å². The monoisotopic (exact) mass is 473 g/mol. The minimum atomic E-state index is -0.939. The third kappa shape index (κ3) is 6.45. The van der Waals surface area contributed by atoms with Crippen molar-refractivity contribution < 1.29 is 23.6 Å². The minimum absolute atomic E-state index is 0.197. The maximum absolute atomic E-state index is 13.1. The Balaban J connectivity index is 1.63. The zero-order valence-electron chi connectivity index (χ0n) is 20.9. The molecule has 1 saturated heterocycles. The molecule has 1 aliphatic heterocycles. The fraction of sp³-hybridized carbons (Fsp3) is 0.625. The van der Waals surface area contributed by atoms with Crippen LogP contribution in [0.3, 0.4) is 0 Å². The summed E-state index contributed by atoms with van der Waals surface area (Å²) in [4.78, 5) is 43.4. The second kappa shape index (κ2) is 10.4. The Bertz CT molecular complexity index is 1010. The number of likely N-dealkylation sites (tertiary alicyclic amines) is 1. The Morgan fingerprint density at radius 1 is 1.24 bits per heavy atom. The molecule has 186 valence electrons. The molecule has 2 aromatic rings. The summed E-state index contributed by atoms with van der Waals surface area (Å²) in [5.74, 6) is 0.822. The molecule has 1 N–H and O–H groups in total. The van der Waals surface area contributed by atoms with Gasteiger partial charge in [0, 0.05) is 43.9 Å². The van der Waals surface area contributed by atoms with E-state index in [4.69, 9.17) is 9.26 Å². The zero-order chi connectivity index (χ0) is 25.0. The number of nitrogens with zero attached hydrogens (tertiary/aromatic N) is 4. The fourth-order valence-corrected chi connectivity index (χ4v) is 4.29. The van der Waals surface area contributed by atoms with Gasteiger partial charge in [0.1, 0.15) is 23.2 Å². The molecule has 3 rings (SSSR count).